The molecule has 0 spiro atoms. The predicted octanol–water partition coefficient (Wildman–Crippen LogP) is -0.699. The second-order valence-electron chi connectivity index (χ2n) is 5.71. The monoisotopic (exact) mass is 347 g/mol. The van der Waals surface area contributed by atoms with Crippen molar-refractivity contribution in [1.82, 2.24) is 0 Å². The van der Waals surface area contributed by atoms with Gasteiger partial charge in [-0.15, -0.1) is 0 Å². The molecule has 1 aliphatic rings. The number of carbonyl (C=O) groups is 4. The van der Waals surface area contributed by atoms with E-state index in [9.17, 15) is 19.2 Å². The minimum absolute atomic E-state index is 0.299. The Bertz CT molecular complexity index is 490. The summed E-state index contributed by atoms with van der Waals surface area (Å²) >= 11 is 0. The number of rotatable bonds is 8. The average molecular weight is 347 g/mol. The van der Waals surface area contributed by atoms with Crippen LogP contribution in [-0.2, 0) is 28.7 Å². The maximum atomic E-state index is 11.1. The van der Waals surface area contributed by atoms with Gasteiger partial charge in [-0.2, -0.15) is 0 Å². The van der Waals surface area contributed by atoms with Crippen LogP contribution in [0.4, 0.5) is 0 Å². The number of carbonyl (C=O) groups excluding carboxylic acids is 1. The van der Waals surface area contributed by atoms with Crippen molar-refractivity contribution < 1.29 is 44.0 Å². The number of hydrogen-bond acceptors (Lipinski definition) is 7. The molecule has 24 heavy (non-hydrogen) atoms. The summed E-state index contributed by atoms with van der Waals surface area (Å²) in [6.07, 6.45) is -3.28. The van der Waals surface area contributed by atoms with Crippen LogP contribution in [0.1, 0.15) is 26.2 Å². The minimum Gasteiger partial charge on any atom is -0.481 e. The van der Waals surface area contributed by atoms with Crippen molar-refractivity contribution in [2.24, 2.45) is 17.6 Å². The number of nitrogens with two attached hydrogens (primary N) is 1. The van der Waals surface area contributed by atoms with Gasteiger partial charge in [0, 0.05) is 18.9 Å². The highest BCUT2D eigenvalue weighted by Gasteiger charge is 2.46. The van der Waals surface area contributed by atoms with Gasteiger partial charge in [0.2, 0.25) is 0 Å². The fourth-order valence-electron chi connectivity index (χ4n) is 2.95. The highest BCUT2D eigenvalue weighted by molar-refractivity contribution is 5.70. The molecule has 1 rings (SSSR count). The Hall–Kier alpha value is -2.20. The second-order valence-corrected chi connectivity index (χ2v) is 5.71. The summed E-state index contributed by atoms with van der Waals surface area (Å²) in [4.78, 5) is 44.1. The molecule has 0 aromatic rings. The molecule has 1 fully saturated rings. The zero-order chi connectivity index (χ0) is 18.4. The molecular formula is C14H21NO9. The van der Waals surface area contributed by atoms with Gasteiger partial charge in [-0.3, -0.25) is 19.2 Å². The molecule has 0 aromatic carbocycles. The second kappa shape index (κ2) is 8.60. The van der Waals surface area contributed by atoms with Crippen LogP contribution in [-0.4, -0.2) is 64.1 Å². The van der Waals surface area contributed by atoms with Crippen LogP contribution in [0.25, 0.3) is 0 Å². The van der Waals surface area contributed by atoms with Gasteiger partial charge in [-0.25, -0.2) is 0 Å². The van der Waals surface area contributed by atoms with Crippen molar-refractivity contribution in [3.05, 3.63) is 0 Å². The van der Waals surface area contributed by atoms with E-state index in [1.807, 2.05) is 0 Å². The standard InChI is InChI=1S/C14H21NO9/c1-6(16)23-5-10-7(2-11(17)18)8(3-12(19)20)14(15)9(24-10)4-13(21)22/h7-10,14H,2-5,15H2,1H3,(H,17,18)(H,19,20)(H,21,22)/t7-,8-,9-,10-,14+/m0/s1. The minimum atomic E-state index is -1.19. The third-order valence-corrected chi connectivity index (χ3v) is 3.95. The number of aliphatic carboxylic acids is 3. The lowest BCUT2D eigenvalue weighted by atomic mass is 9.74. The summed E-state index contributed by atoms with van der Waals surface area (Å²) in [6, 6.07) is -0.963. The molecule has 5 atom stereocenters. The quantitative estimate of drug-likeness (QED) is 0.411. The molecule has 10 heteroatoms. The van der Waals surface area contributed by atoms with Crippen molar-refractivity contribution in [3.8, 4) is 0 Å². The Kier molecular flexibility index (Phi) is 7.11. The van der Waals surface area contributed by atoms with Gasteiger partial charge in [0.05, 0.1) is 31.5 Å². The van der Waals surface area contributed by atoms with Crippen molar-refractivity contribution in [2.45, 2.75) is 44.4 Å². The van der Waals surface area contributed by atoms with Gasteiger partial charge in [-0.1, -0.05) is 0 Å². The number of ether oxygens (including phenoxy) is 2. The summed E-state index contributed by atoms with van der Waals surface area (Å²) in [6.45, 7) is 0.858. The Morgan fingerprint density at radius 3 is 1.88 bits per heavy atom. The zero-order valence-corrected chi connectivity index (χ0v) is 13.1. The molecule has 1 saturated heterocycles. The van der Waals surface area contributed by atoms with E-state index >= 15 is 0 Å². The largest absolute Gasteiger partial charge is 0.481 e. The van der Waals surface area contributed by atoms with Crippen LogP contribution in [0.5, 0.6) is 0 Å². The highest BCUT2D eigenvalue weighted by Crippen LogP contribution is 2.36. The topological polar surface area (TPSA) is 173 Å². The molecule has 0 amide bonds. The zero-order valence-electron chi connectivity index (χ0n) is 13.1. The molecule has 0 aliphatic carbocycles. The SMILES string of the molecule is CC(=O)OC[C@@H]1O[C@@H](CC(=O)O)[C@H](N)[C@@H](CC(=O)O)[C@@H]1CC(=O)O. The molecular weight excluding hydrogens is 326 g/mol. The molecule has 0 bridgehead atoms. The van der Waals surface area contributed by atoms with Crippen molar-refractivity contribution in [1.29, 1.82) is 0 Å². The number of carboxylic acid groups (broad SMARTS) is 3. The summed E-state index contributed by atoms with van der Waals surface area (Å²) in [5, 5.41) is 27.1. The fourth-order valence-corrected chi connectivity index (χ4v) is 2.95. The predicted molar refractivity (Wildman–Crippen MR) is 77.0 cm³/mol. The first-order chi connectivity index (χ1) is 11.1. The van der Waals surface area contributed by atoms with Crippen molar-refractivity contribution in [2.75, 3.05) is 6.61 Å². The lowest BCUT2D eigenvalue weighted by Crippen LogP contribution is -2.57. The first-order valence-corrected chi connectivity index (χ1v) is 7.31. The van der Waals surface area contributed by atoms with Crippen LogP contribution in [0.2, 0.25) is 0 Å². The first-order valence-electron chi connectivity index (χ1n) is 7.31. The van der Waals surface area contributed by atoms with Crippen LogP contribution in [0.3, 0.4) is 0 Å². The maximum absolute atomic E-state index is 11.1. The summed E-state index contributed by atoms with van der Waals surface area (Å²) in [5.74, 6) is -5.82. The molecule has 0 unspecified atom stereocenters. The van der Waals surface area contributed by atoms with Gasteiger partial charge in [0.15, 0.2) is 0 Å². The number of hydrogen-bond donors (Lipinski definition) is 4. The van der Waals surface area contributed by atoms with E-state index in [1.54, 1.807) is 0 Å². The fraction of sp³-hybridized carbons (Fsp3) is 0.714. The van der Waals surface area contributed by atoms with E-state index < -0.39 is 73.2 Å². The van der Waals surface area contributed by atoms with E-state index in [2.05, 4.69) is 0 Å². The van der Waals surface area contributed by atoms with E-state index in [0.29, 0.717) is 0 Å². The lowest BCUT2D eigenvalue weighted by molar-refractivity contribution is -0.177. The van der Waals surface area contributed by atoms with E-state index in [-0.39, 0.29) is 6.61 Å². The molecule has 1 aliphatic heterocycles. The Balaban J connectivity index is 3.08. The van der Waals surface area contributed by atoms with Crippen LogP contribution < -0.4 is 5.73 Å². The summed E-state index contributed by atoms with van der Waals surface area (Å²) in [5.41, 5.74) is 5.95. The average Bonchev–Trinajstić information content (AvgIpc) is 2.42. The molecule has 136 valence electrons. The van der Waals surface area contributed by atoms with E-state index in [1.165, 1.54) is 0 Å². The molecule has 1 heterocycles. The van der Waals surface area contributed by atoms with Crippen LogP contribution in [0, 0.1) is 11.8 Å². The molecule has 0 radical (unpaired) electrons. The van der Waals surface area contributed by atoms with Crippen molar-refractivity contribution >= 4 is 23.9 Å². The normalized spacial score (nSPS) is 29.7. The molecule has 5 N–H and O–H groups in total. The van der Waals surface area contributed by atoms with E-state index in [4.69, 9.17) is 30.5 Å². The third kappa shape index (κ3) is 5.78. The van der Waals surface area contributed by atoms with E-state index in [0.717, 1.165) is 6.92 Å². The maximum Gasteiger partial charge on any atom is 0.306 e. The molecule has 0 saturated carbocycles. The smallest absolute Gasteiger partial charge is 0.306 e. The lowest BCUT2D eigenvalue weighted by Gasteiger charge is -2.44. The van der Waals surface area contributed by atoms with Gasteiger partial charge in [0.25, 0.3) is 0 Å². The van der Waals surface area contributed by atoms with Crippen molar-refractivity contribution in [3.63, 3.8) is 0 Å². The number of esters is 1. The van der Waals surface area contributed by atoms with Gasteiger partial charge in [-0.05, 0) is 5.92 Å². The molecule has 10 nitrogen and oxygen atoms in total. The Labute approximate surface area is 137 Å². The Morgan fingerprint density at radius 2 is 1.42 bits per heavy atom. The highest BCUT2D eigenvalue weighted by atomic mass is 16.6. The summed E-state index contributed by atoms with van der Waals surface area (Å²) < 4.78 is 10.4. The summed E-state index contributed by atoms with van der Waals surface area (Å²) in [7, 11) is 0. The van der Waals surface area contributed by atoms with Crippen LogP contribution in [0.15, 0.2) is 0 Å². The van der Waals surface area contributed by atoms with Gasteiger partial charge in [0.1, 0.15) is 6.61 Å². The Morgan fingerprint density at radius 1 is 0.917 bits per heavy atom. The van der Waals surface area contributed by atoms with Gasteiger partial charge >= 0.3 is 23.9 Å². The number of carboxylic acids is 3. The van der Waals surface area contributed by atoms with Crippen LogP contribution >= 0.6 is 0 Å². The van der Waals surface area contributed by atoms with Gasteiger partial charge < -0.3 is 30.5 Å². The molecule has 0 aromatic heterocycles. The third-order valence-electron chi connectivity index (χ3n) is 3.95. The first kappa shape index (κ1) is 19.8.